The van der Waals surface area contributed by atoms with Crippen LogP contribution in [0.25, 0.3) is 11.0 Å². The van der Waals surface area contributed by atoms with Crippen molar-refractivity contribution < 1.29 is 23.9 Å². The molecule has 1 fully saturated rings. The van der Waals surface area contributed by atoms with E-state index in [9.17, 15) is 14.4 Å². The largest absolute Gasteiger partial charge is 0.465 e. The number of nitrogens with one attached hydrogen (secondary N) is 1. The Bertz CT molecular complexity index is 1490. The SMILES string of the molecule is COC(=O)c1cc(NC(=O)C23CCC(C)(c4nc5cc(Cl)c(Cl)cc5nc42)C3(C)C)cc(C(=O)OC)c1. The van der Waals surface area contributed by atoms with Gasteiger partial charge in [0.05, 0.1) is 63.2 Å². The minimum absolute atomic E-state index is 0.109. The van der Waals surface area contributed by atoms with Crippen LogP contribution in [0.5, 0.6) is 0 Å². The lowest BCUT2D eigenvalue weighted by Crippen LogP contribution is -2.48. The molecule has 2 aliphatic carbocycles. The maximum atomic E-state index is 14.2. The molecule has 1 N–H and O–H groups in total. The molecule has 0 aliphatic heterocycles. The zero-order valence-electron chi connectivity index (χ0n) is 21.0. The van der Waals surface area contributed by atoms with E-state index in [0.29, 0.717) is 33.2 Å². The van der Waals surface area contributed by atoms with E-state index in [1.807, 2.05) is 0 Å². The standard InChI is InChI=1S/C27H25Cl2N3O5/c1-25(2)26(3)6-7-27(25,21-20(26)31-18-11-16(28)17(29)12-19(18)32-21)24(35)30-15-9-13(22(33)36-4)8-14(10-15)23(34)37-5/h8-12H,6-7H2,1-5H3,(H,30,35). The van der Waals surface area contributed by atoms with Crippen molar-refractivity contribution in [2.45, 2.75) is 44.4 Å². The number of nitrogens with zero attached hydrogens (tertiary/aromatic N) is 2. The number of methoxy groups -OCH3 is 2. The first kappa shape index (κ1) is 25.4. The van der Waals surface area contributed by atoms with Gasteiger partial charge in [0.2, 0.25) is 5.91 Å². The first-order chi connectivity index (χ1) is 17.4. The van der Waals surface area contributed by atoms with E-state index in [4.69, 9.17) is 42.6 Å². The number of aromatic nitrogens is 2. The van der Waals surface area contributed by atoms with E-state index in [2.05, 4.69) is 26.1 Å². The molecule has 0 saturated heterocycles. The average Bonchev–Trinajstić information content (AvgIpc) is 3.16. The normalized spacial score (nSPS) is 23.0. The molecule has 192 valence electrons. The van der Waals surface area contributed by atoms with Crippen LogP contribution in [0, 0.1) is 5.41 Å². The van der Waals surface area contributed by atoms with Crippen molar-refractivity contribution in [3.8, 4) is 0 Å². The van der Waals surface area contributed by atoms with E-state index in [1.165, 1.54) is 32.4 Å². The smallest absolute Gasteiger partial charge is 0.337 e. The number of benzene rings is 2. The summed E-state index contributed by atoms with van der Waals surface area (Å²) >= 11 is 12.5. The maximum absolute atomic E-state index is 14.2. The first-order valence-corrected chi connectivity index (χ1v) is 12.5. The van der Waals surface area contributed by atoms with Crippen LogP contribution in [-0.4, -0.2) is 42.0 Å². The summed E-state index contributed by atoms with van der Waals surface area (Å²) in [6, 6.07) is 7.64. The van der Waals surface area contributed by atoms with Gasteiger partial charge < -0.3 is 14.8 Å². The van der Waals surface area contributed by atoms with E-state index in [1.54, 1.807) is 12.1 Å². The van der Waals surface area contributed by atoms with Gasteiger partial charge in [0.25, 0.3) is 0 Å². The Morgan fingerprint density at radius 1 is 0.811 bits per heavy atom. The molecule has 2 bridgehead atoms. The van der Waals surface area contributed by atoms with Gasteiger partial charge >= 0.3 is 11.9 Å². The van der Waals surface area contributed by atoms with Gasteiger partial charge in [-0.2, -0.15) is 0 Å². The molecule has 0 spiro atoms. The van der Waals surface area contributed by atoms with Crippen molar-refractivity contribution >= 4 is 57.8 Å². The molecule has 37 heavy (non-hydrogen) atoms. The second-order valence-corrected chi connectivity index (χ2v) is 11.1. The third kappa shape index (κ3) is 3.38. The van der Waals surface area contributed by atoms with Gasteiger partial charge in [0, 0.05) is 11.1 Å². The quantitative estimate of drug-likeness (QED) is 0.435. The molecule has 1 aromatic heterocycles. The second-order valence-electron chi connectivity index (χ2n) is 10.3. The highest BCUT2D eigenvalue weighted by Crippen LogP contribution is 2.70. The van der Waals surface area contributed by atoms with E-state index in [-0.39, 0.29) is 22.7 Å². The molecule has 3 aromatic rings. The van der Waals surface area contributed by atoms with Gasteiger partial charge in [-0.25, -0.2) is 19.6 Å². The third-order valence-corrected chi connectivity index (χ3v) is 9.22. The number of fused-ring (bicyclic) bond motifs is 6. The topological polar surface area (TPSA) is 107 Å². The van der Waals surface area contributed by atoms with Crippen LogP contribution >= 0.6 is 23.2 Å². The summed E-state index contributed by atoms with van der Waals surface area (Å²) in [6.07, 6.45) is 1.29. The summed E-state index contributed by atoms with van der Waals surface area (Å²) in [7, 11) is 2.48. The van der Waals surface area contributed by atoms with Crippen molar-refractivity contribution in [1.82, 2.24) is 9.97 Å². The van der Waals surface area contributed by atoms with E-state index < -0.39 is 28.2 Å². The Labute approximate surface area is 223 Å². The summed E-state index contributed by atoms with van der Waals surface area (Å²) in [5.74, 6) is -1.59. The Morgan fingerprint density at radius 2 is 1.32 bits per heavy atom. The molecule has 2 atom stereocenters. The summed E-state index contributed by atoms with van der Waals surface area (Å²) in [4.78, 5) is 48.6. The molecule has 10 heteroatoms. The molecule has 1 heterocycles. The molecule has 5 rings (SSSR count). The molecule has 1 amide bonds. The van der Waals surface area contributed by atoms with Gasteiger partial charge in [-0.15, -0.1) is 0 Å². The van der Waals surface area contributed by atoms with Crippen molar-refractivity contribution in [2.24, 2.45) is 5.41 Å². The summed E-state index contributed by atoms with van der Waals surface area (Å²) in [5.41, 5.74) is 1.03. The van der Waals surface area contributed by atoms with Crippen LogP contribution in [-0.2, 0) is 25.1 Å². The maximum Gasteiger partial charge on any atom is 0.337 e. The number of anilines is 1. The Kier molecular flexibility index (Phi) is 5.77. The third-order valence-electron chi connectivity index (χ3n) is 8.50. The fourth-order valence-electron chi connectivity index (χ4n) is 6.01. The molecule has 2 unspecified atom stereocenters. The highest BCUT2D eigenvalue weighted by Gasteiger charge is 2.73. The molecule has 0 radical (unpaired) electrons. The number of hydrogen-bond acceptors (Lipinski definition) is 7. The van der Waals surface area contributed by atoms with Crippen molar-refractivity contribution in [3.63, 3.8) is 0 Å². The predicted molar refractivity (Wildman–Crippen MR) is 139 cm³/mol. The number of ether oxygens (including phenoxy) is 2. The summed E-state index contributed by atoms with van der Waals surface area (Å²) in [5, 5.41) is 3.69. The van der Waals surface area contributed by atoms with Gasteiger partial charge in [0.1, 0.15) is 0 Å². The lowest BCUT2D eigenvalue weighted by molar-refractivity contribution is -0.125. The zero-order chi connectivity index (χ0) is 26.9. The lowest BCUT2D eigenvalue weighted by atomic mass is 9.63. The summed E-state index contributed by atoms with van der Waals surface area (Å²) in [6.45, 7) is 6.22. The minimum Gasteiger partial charge on any atom is -0.465 e. The van der Waals surface area contributed by atoms with Gasteiger partial charge in [0.15, 0.2) is 0 Å². The van der Waals surface area contributed by atoms with E-state index in [0.717, 1.165) is 12.1 Å². The van der Waals surface area contributed by atoms with Crippen LogP contribution in [0.4, 0.5) is 5.69 Å². The highest BCUT2D eigenvalue weighted by molar-refractivity contribution is 6.42. The Balaban J connectivity index is 1.65. The molecular weight excluding hydrogens is 517 g/mol. The zero-order valence-corrected chi connectivity index (χ0v) is 22.5. The number of hydrogen-bond donors (Lipinski definition) is 1. The van der Waals surface area contributed by atoms with Gasteiger partial charge in [-0.3, -0.25) is 4.79 Å². The summed E-state index contributed by atoms with van der Waals surface area (Å²) < 4.78 is 9.64. The molecule has 2 aliphatic rings. The first-order valence-electron chi connectivity index (χ1n) is 11.7. The average molecular weight is 542 g/mol. The van der Waals surface area contributed by atoms with Crippen molar-refractivity contribution in [1.29, 1.82) is 0 Å². The number of esters is 2. The highest BCUT2D eigenvalue weighted by atomic mass is 35.5. The van der Waals surface area contributed by atoms with Crippen LogP contribution < -0.4 is 5.32 Å². The number of carbonyl (C=O) groups excluding carboxylic acids is 3. The van der Waals surface area contributed by atoms with Crippen LogP contribution in [0.2, 0.25) is 10.0 Å². The lowest BCUT2D eigenvalue weighted by Gasteiger charge is -2.39. The molecule has 1 saturated carbocycles. The monoisotopic (exact) mass is 541 g/mol. The molecular formula is C27H25Cl2N3O5. The number of carbonyl (C=O) groups is 3. The number of rotatable bonds is 4. The molecule has 8 nitrogen and oxygen atoms in total. The number of amides is 1. The van der Waals surface area contributed by atoms with Crippen molar-refractivity contribution in [2.75, 3.05) is 19.5 Å². The fourth-order valence-corrected chi connectivity index (χ4v) is 6.33. The van der Waals surface area contributed by atoms with Crippen LogP contribution in [0.15, 0.2) is 30.3 Å². The molecule has 2 aromatic carbocycles. The van der Waals surface area contributed by atoms with E-state index >= 15 is 0 Å². The number of halogens is 2. The Hall–Kier alpha value is -3.23. The fraction of sp³-hybridized carbons (Fsp3) is 0.370. The van der Waals surface area contributed by atoms with Gasteiger partial charge in [-0.1, -0.05) is 44.0 Å². The predicted octanol–water partition coefficient (Wildman–Crippen LogP) is 5.48. The second kappa shape index (κ2) is 8.39. The van der Waals surface area contributed by atoms with Crippen LogP contribution in [0.1, 0.15) is 65.7 Å². The minimum atomic E-state index is -1.02. The van der Waals surface area contributed by atoms with Gasteiger partial charge in [-0.05, 0) is 48.6 Å². The van der Waals surface area contributed by atoms with Crippen LogP contribution in [0.3, 0.4) is 0 Å². The van der Waals surface area contributed by atoms with Crippen molar-refractivity contribution in [3.05, 3.63) is 62.9 Å². The Morgan fingerprint density at radius 3 is 1.84 bits per heavy atom.